The molecule has 0 radical (unpaired) electrons. The van der Waals surface area contributed by atoms with Crippen molar-refractivity contribution in [3.8, 4) is 11.8 Å². The number of carbonyl (C=O) groups excluding carboxylic acids is 1. The Bertz CT molecular complexity index is 456. The molecule has 2 N–H and O–H groups in total. The summed E-state index contributed by atoms with van der Waals surface area (Å²) in [4.78, 5) is 13.5. The van der Waals surface area contributed by atoms with Crippen molar-refractivity contribution in [1.29, 1.82) is 0 Å². The van der Waals surface area contributed by atoms with Gasteiger partial charge in [-0.1, -0.05) is 11.8 Å². The molecule has 0 aliphatic rings. The fraction of sp³-hybridized carbons (Fsp3) is 0.357. The third-order valence-corrected chi connectivity index (χ3v) is 2.69. The molecule has 0 aliphatic carbocycles. The highest BCUT2D eigenvalue weighted by atomic mass is 16.3. The summed E-state index contributed by atoms with van der Waals surface area (Å²) in [6, 6.07) is 6.61. The van der Waals surface area contributed by atoms with Crippen LogP contribution in [0.5, 0.6) is 0 Å². The first kappa shape index (κ1) is 14.2. The Kier molecular flexibility index (Phi) is 5.37. The van der Waals surface area contributed by atoms with Gasteiger partial charge in [-0.25, -0.2) is 0 Å². The number of benzene rings is 1. The van der Waals surface area contributed by atoms with Gasteiger partial charge in [-0.15, -0.1) is 0 Å². The maximum absolute atomic E-state index is 12.0. The summed E-state index contributed by atoms with van der Waals surface area (Å²) in [5.74, 6) is 5.16. The van der Waals surface area contributed by atoms with Crippen LogP contribution < -0.4 is 0 Å². The maximum Gasteiger partial charge on any atom is 0.253 e. The van der Waals surface area contributed by atoms with Gasteiger partial charge in [0.1, 0.15) is 6.61 Å². The molecule has 4 nitrogen and oxygen atoms in total. The first-order chi connectivity index (χ1) is 8.60. The largest absolute Gasteiger partial charge is 0.394 e. The van der Waals surface area contributed by atoms with E-state index in [2.05, 4.69) is 11.8 Å². The van der Waals surface area contributed by atoms with E-state index in [-0.39, 0.29) is 25.2 Å². The van der Waals surface area contributed by atoms with Crippen molar-refractivity contribution < 1.29 is 15.0 Å². The van der Waals surface area contributed by atoms with Crippen LogP contribution in [0, 0.1) is 11.8 Å². The van der Waals surface area contributed by atoms with Gasteiger partial charge < -0.3 is 15.1 Å². The number of amides is 1. The van der Waals surface area contributed by atoms with Gasteiger partial charge >= 0.3 is 0 Å². The highest BCUT2D eigenvalue weighted by molar-refractivity contribution is 5.94. The van der Waals surface area contributed by atoms with Gasteiger partial charge in [0.15, 0.2) is 0 Å². The number of aliphatic hydroxyl groups excluding tert-OH is 2. The SMILES string of the molecule is CC(CO)N(C)C(=O)c1ccc(C#CCO)cc1. The van der Waals surface area contributed by atoms with Crippen molar-refractivity contribution in [3.63, 3.8) is 0 Å². The predicted molar refractivity (Wildman–Crippen MR) is 69.0 cm³/mol. The maximum atomic E-state index is 12.0. The van der Waals surface area contributed by atoms with Crippen LogP contribution in [0.4, 0.5) is 0 Å². The lowest BCUT2D eigenvalue weighted by atomic mass is 10.1. The summed E-state index contributed by atoms with van der Waals surface area (Å²) in [7, 11) is 1.66. The van der Waals surface area contributed by atoms with Crippen LogP contribution in [0.3, 0.4) is 0 Å². The van der Waals surface area contributed by atoms with E-state index in [0.717, 1.165) is 5.56 Å². The fourth-order valence-electron chi connectivity index (χ4n) is 1.36. The molecule has 0 saturated heterocycles. The highest BCUT2D eigenvalue weighted by Crippen LogP contribution is 2.08. The second-order valence-electron chi connectivity index (χ2n) is 3.98. The van der Waals surface area contributed by atoms with Gasteiger partial charge in [-0.05, 0) is 31.2 Å². The van der Waals surface area contributed by atoms with E-state index in [4.69, 9.17) is 10.2 Å². The summed E-state index contributed by atoms with van der Waals surface area (Å²) in [6.07, 6.45) is 0. The summed E-state index contributed by atoms with van der Waals surface area (Å²) >= 11 is 0. The van der Waals surface area contributed by atoms with Crippen LogP contribution in [-0.2, 0) is 0 Å². The number of aliphatic hydroxyl groups is 2. The molecule has 0 saturated carbocycles. The zero-order valence-electron chi connectivity index (χ0n) is 10.6. The molecule has 1 rings (SSSR count). The number of carbonyl (C=O) groups is 1. The van der Waals surface area contributed by atoms with E-state index < -0.39 is 0 Å². The Hall–Kier alpha value is -1.83. The monoisotopic (exact) mass is 247 g/mol. The van der Waals surface area contributed by atoms with E-state index in [1.54, 1.807) is 38.2 Å². The summed E-state index contributed by atoms with van der Waals surface area (Å²) in [5, 5.41) is 17.6. The minimum atomic E-state index is -0.216. The van der Waals surface area contributed by atoms with E-state index in [9.17, 15) is 4.79 Å². The Morgan fingerprint density at radius 1 is 1.33 bits per heavy atom. The highest BCUT2D eigenvalue weighted by Gasteiger charge is 2.16. The molecule has 1 amide bonds. The van der Waals surface area contributed by atoms with Crippen LogP contribution in [-0.4, -0.2) is 47.3 Å². The number of likely N-dealkylation sites (N-methyl/N-ethyl adjacent to an activating group) is 1. The van der Waals surface area contributed by atoms with Crippen LogP contribution in [0.15, 0.2) is 24.3 Å². The zero-order valence-corrected chi connectivity index (χ0v) is 10.6. The number of hydrogen-bond acceptors (Lipinski definition) is 3. The summed E-state index contributed by atoms with van der Waals surface area (Å²) in [6.45, 7) is 1.53. The van der Waals surface area contributed by atoms with Gasteiger partial charge in [0.05, 0.1) is 12.6 Å². The molecule has 0 heterocycles. The Balaban J connectivity index is 2.82. The first-order valence-electron chi connectivity index (χ1n) is 5.68. The van der Waals surface area contributed by atoms with E-state index >= 15 is 0 Å². The summed E-state index contributed by atoms with van der Waals surface area (Å²) in [5.41, 5.74) is 1.30. The molecule has 0 fully saturated rings. The molecule has 1 atom stereocenters. The molecule has 4 heteroatoms. The molecule has 1 unspecified atom stereocenters. The van der Waals surface area contributed by atoms with Crippen molar-refractivity contribution >= 4 is 5.91 Å². The number of nitrogens with zero attached hydrogens (tertiary/aromatic N) is 1. The van der Waals surface area contributed by atoms with Crippen molar-refractivity contribution in [1.82, 2.24) is 4.90 Å². The molecule has 96 valence electrons. The lowest BCUT2D eigenvalue weighted by Gasteiger charge is -2.23. The van der Waals surface area contributed by atoms with Gasteiger partial charge in [-0.3, -0.25) is 4.79 Å². The third kappa shape index (κ3) is 3.59. The predicted octanol–water partition coefficient (Wildman–Crippen LogP) is 0.483. The molecule has 0 bridgehead atoms. The van der Waals surface area contributed by atoms with Crippen LogP contribution >= 0.6 is 0 Å². The van der Waals surface area contributed by atoms with E-state index in [1.807, 2.05) is 0 Å². The van der Waals surface area contributed by atoms with E-state index in [1.165, 1.54) is 4.90 Å². The second kappa shape index (κ2) is 6.80. The second-order valence-corrected chi connectivity index (χ2v) is 3.98. The average molecular weight is 247 g/mol. The minimum Gasteiger partial charge on any atom is -0.394 e. The normalized spacial score (nSPS) is 11.3. The first-order valence-corrected chi connectivity index (χ1v) is 5.68. The topological polar surface area (TPSA) is 60.8 Å². The molecule has 1 aromatic rings. The quantitative estimate of drug-likeness (QED) is 0.764. The number of rotatable bonds is 3. The van der Waals surface area contributed by atoms with Crippen LogP contribution in [0.25, 0.3) is 0 Å². The molecule has 1 aromatic carbocycles. The van der Waals surface area contributed by atoms with Crippen molar-refractivity contribution in [2.75, 3.05) is 20.3 Å². The Morgan fingerprint density at radius 2 is 1.94 bits per heavy atom. The number of hydrogen-bond donors (Lipinski definition) is 2. The lowest BCUT2D eigenvalue weighted by Crippen LogP contribution is -2.37. The summed E-state index contributed by atoms with van der Waals surface area (Å²) < 4.78 is 0. The Morgan fingerprint density at radius 3 is 2.44 bits per heavy atom. The van der Waals surface area contributed by atoms with Gasteiger partial charge in [0.2, 0.25) is 0 Å². The van der Waals surface area contributed by atoms with E-state index in [0.29, 0.717) is 5.56 Å². The molecule has 18 heavy (non-hydrogen) atoms. The van der Waals surface area contributed by atoms with Gasteiger partial charge in [0.25, 0.3) is 5.91 Å². The average Bonchev–Trinajstić information content (AvgIpc) is 2.43. The fourth-order valence-corrected chi connectivity index (χ4v) is 1.36. The molecule has 0 aromatic heterocycles. The molecular formula is C14H17NO3. The van der Waals surface area contributed by atoms with Crippen LogP contribution in [0.2, 0.25) is 0 Å². The smallest absolute Gasteiger partial charge is 0.253 e. The van der Waals surface area contributed by atoms with Crippen LogP contribution in [0.1, 0.15) is 22.8 Å². The molecule has 0 spiro atoms. The molecular weight excluding hydrogens is 230 g/mol. The molecule has 0 aliphatic heterocycles. The zero-order chi connectivity index (χ0) is 13.5. The third-order valence-electron chi connectivity index (χ3n) is 2.69. The van der Waals surface area contributed by atoms with Crippen molar-refractivity contribution in [2.45, 2.75) is 13.0 Å². The minimum absolute atomic E-state index is 0.0672. The lowest BCUT2D eigenvalue weighted by molar-refractivity contribution is 0.0682. The standard InChI is InChI=1S/C14H17NO3/c1-11(10-17)15(2)14(18)13-7-5-12(6-8-13)4-3-9-16/h5-8,11,16-17H,9-10H2,1-2H3. The van der Waals surface area contributed by atoms with Crippen molar-refractivity contribution in [2.24, 2.45) is 0 Å². The van der Waals surface area contributed by atoms with Gasteiger partial charge in [0, 0.05) is 18.2 Å². The van der Waals surface area contributed by atoms with Crippen molar-refractivity contribution in [3.05, 3.63) is 35.4 Å². The Labute approximate surface area is 107 Å². The van der Waals surface area contributed by atoms with Gasteiger partial charge in [-0.2, -0.15) is 0 Å².